The van der Waals surface area contributed by atoms with E-state index in [0.29, 0.717) is 22.9 Å². The zero-order valence-electron chi connectivity index (χ0n) is 19.5. The fourth-order valence-electron chi connectivity index (χ4n) is 5.08. The van der Waals surface area contributed by atoms with E-state index < -0.39 is 0 Å². The number of amides is 1. The molecular weight excluding hydrogens is 448 g/mol. The third-order valence-electron chi connectivity index (χ3n) is 6.85. The van der Waals surface area contributed by atoms with E-state index >= 15 is 0 Å². The van der Waals surface area contributed by atoms with Crippen LogP contribution in [-0.2, 0) is 12.8 Å². The Kier molecular flexibility index (Phi) is 6.72. The summed E-state index contributed by atoms with van der Waals surface area (Å²) in [5.41, 5.74) is 5.96. The maximum Gasteiger partial charge on any atom is 0.268 e. The number of rotatable bonds is 7. The first-order chi connectivity index (χ1) is 16.6. The highest BCUT2D eigenvalue weighted by atomic mass is 35.5. The molecule has 0 unspecified atom stereocenters. The van der Waals surface area contributed by atoms with Crippen LogP contribution in [0.4, 0.5) is 5.69 Å². The number of hydrogen-bond acceptors (Lipinski definition) is 5. The van der Waals surface area contributed by atoms with E-state index in [-0.39, 0.29) is 11.9 Å². The summed E-state index contributed by atoms with van der Waals surface area (Å²) in [5.74, 6) is -0.113. The van der Waals surface area contributed by atoms with E-state index in [9.17, 15) is 4.79 Å². The van der Waals surface area contributed by atoms with E-state index in [1.165, 1.54) is 36.1 Å². The number of nitrogens with one attached hydrogen (secondary N) is 3. The van der Waals surface area contributed by atoms with Gasteiger partial charge in [-0.3, -0.25) is 9.79 Å². The van der Waals surface area contributed by atoms with Crippen LogP contribution in [0.1, 0.15) is 59.4 Å². The number of carbonyl (C=O) groups excluding carboxylic acids is 1. The van der Waals surface area contributed by atoms with Crippen LogP contribution in [0.5, 0.6) is 0 Å². The fraction of sp³-hybridized carbons (Fsp3) is 0.423. The van der Waals surface area contributed by atoms with E-state index in [1.807, 2.05) is 13.0 Å². The van der Waals surface area contributed by atoms with E-state index in [4.69, 9.17) is 11.6 Å². The number of nitrogens with zero attached hydrogens (tertiary/aromatic N) is 3. The molecule has 2 aliphatic heterocycles. The second kappa shape index (κ2) is 10.1. The number of aromatic amines is 1. The average molecular weight is 479 g/mol. The second-order valence-corrected chi connectivity index (χ2v) is 9.46. The summed E-state index contributed by atoms with van der Waals surface area (Å²) in [6.07, 6.45) is 8.68. The van der Waals surface area contributed by atoms with Gasteiger partial charge < -0.3 is 20.5 Å². The van der Waals surface area contributed by atoms with Crippen LogP contribution in [0, 0.1) is 0 Å². The predicted molar refractivity (Wildman–Crippen MR) is 138 cm³/mol. The van der Waals surface area contributed by atoms with Crippen LogP contribution < -0.4 is 15.5 Å². The van der Waals surface area contributed by atoms with Crippen molar-refractivity contribution >= 4 is 40.6 Å². The zero-order valence-corrected chi connectivity index (χ0v) is 20.3. The van der Waals surface area contributed by atoms with Crippen molar-refractivity contribution < 1.29 is 4.79 Å². The lowest BCUT2D eigenvalue weighted by molar-refractivity contribution is 0.0949. The molecule has 8 heteroatoms. The maximum atomic E-state index is 13.0. The first kappa shape index (κ1) is 22.7. The van der Waals surface area contributed by atoms with Crippen LogP contribution >= 0.6 is 11.6 Å². The Hall–Kier alpha value is -3.06. The highest BCUT2D eigenvalue weighted by Crippen LogP contribution is 2.30. The molecule has 0 saturated carbocycles. The van der Waals surface area contributed by atoms with Crippen molar-refractivity contribution in [3.8, 4) is 0 Å². The molecule has 1 amide bonds. The second-order valence-electron chi connectivity index (χ2n) is 9.02. The number of anilines is 1. The molecule has 1 atom stereocenters. The minimum atomic E-state index is -0.113. The summed E-state index contributed by atoms with van der Waals surface area (Å²) >= 11 is 6.12. The number of hydrogen-bond donors (Lipinski definition) is 3. The quantitative estimate of drug-likeness (QED) is 0.469. The third-order valence-corrected chi connectivity index (χ3v) is 7.06. The Morgan fingerprint density at radius 3 is 2.85 bits per heavy atom. The van der Waals surface area contributed by atoms with Crippen LogP contribution in [-0.4, -0.2) is 48.4 Å². The Labute approximate surface area is 205 Å². The Balaban J connectivity index is 1.31. The number of aryl methyl sites for hydroxylation is 1. The van der Waals surface area contributed by atoms with Gasteiger partial charge >= 0.3 is 0 Å². The van der Waals surface area contributed by atoms with Crippen molar-refractivity contribution in [2.75, 3.05) is 31.1 Å². The highest BCUT2D eigenvalue weighted by molar-refractivity contribution is 6.31. The van der Waals surface area contributed by atoms with Crippen molar-refractivity contribution in [2.24, 2.45) is 4.99 Å². The van der Waals surface area contributed by atoms with Crippen molar-refractivity contribution in [1.29, 1.82) is 0 Å². The average Bonchev–Trinajstić information content (AvgIpc) is 3.52. The summed E-state index contributed by atoms with van der Waals surface area (Å²) in [7, 11) is 0. The van der Waals surface area contributed by atoms with Gasteiger partial charge in [-0.15, -0.1) is 0 Å². The molecule has 3 aromatic rings. The van der Waals surface area contributed by atoms with Gasteiger partial charge in [0.1, 0.15) is 11.3 Å². The maximum absolute atomic E-state index is 13.0. The van der Waals surface area contributed by atoms with Gasteiger partial charge in [0.15, 0.2) is 0 Å². The molecule has 0 aliphatic carbocycles. The molecule has 5 rings (SSSR count). The Morgan fingerprint density at radius 2 is 2.09 bits per heavy atom. The van der Waals surface area contributed by atoms with Crippen molar-refractivity contribution in [1.82, 2.24) is 20.6 Å². The van der Waals surface area contributed by atoms with Crippen molar-refractivity contribution in [2.45, 2.75) is 45.1 Å². The highest BCUT2D eigenvalue weighted by Gasteiger charge is 2.21. The van der Waals surface area contributed by atoms with Crippen LogP contribution in [0.2, 0.25) is 5.02 Å². The fourth-order valence-corrected chi connectivity index (χ4v) is 5.23. The van der Waals surface area contributed by atoms with E-state index in [0.717, 1.165) is 43.4 Å². The lowest BCUT2D eigenvalue weighted by Crippen LogP contribution is -2.30. The minimum Gasteiger partial charge on any atom is -0.374 e. The number of H-pyrrole nitrogens is 1. The first-order valence-corrected chi connectivity index (χ1v) is 12.6. The molecule has 4 heterocycles. The molecule has 0 bridgehead atoms. The normalized spacial score (nSPS) is 17.8. The molecule has 1 aromatic carbocycles. The van der Waals surface area contributed by atoms with Crippen molar-refractivity contribution in [3.05, 3.63) is 57.9 Å². The molecule has 34 heavy (non-hydrogen) atoms. The number of halogens is 1. The number of aromatic nitrogens is 2. The van der Waals surface area contributed by atoms with E-state index in [1.54, 1.807) is 12.5 Å². The number of fused-ring (bicyclic) bond motifs is 1. The van der Waals surface area contributed by atoms with Gasteiger partial charge in [0.05, 0.1) is 17.4 Å². The molecule has 0 spiro atoms. The standard InChI is InChI=1S/C26H31ClN6O/c1-2-20-22-12-18(27)14-30-25(22)32-24(20)26(34)29-9-8-17-6-7-19(33-10-4-3-5-11-33)13-21(17)23-15-28-16-31-23/h6-7,12-14,16,23H,2-5,8-11,15H2,1H3,(H,28,31)(H,29,34)(H,30,32)/t23-/m1/s1. The monoisotopic (exact) mass is 478 g/mol. The minimum absolute atomic E-state index is 0.113. The first-order valence-electron chi connectivity index (χ1n) is 12.2. The summed E-state index contributed by atoms with van der Waals surface area (Å²) in [6, 6.07) is 8.72. The lowest BCUT2D eigenvalue weighted by Gasteiger charge is -2.30. The van der Waals surface area contributed by atoms with Crippen LogP contribution in [0.25, 0.3) is 11.0 Å². The van der Waals surface area contributed by atoms with Gasteiger partial charge in [0.2, 0.25) is 0 Å². The zero-order chi connectivity index (χ0) is 23.5. The van der Waals surface area contributed by atoms with E-state index in [2.05, 4.69) is 48.7 Å². The summed E-state index contributed by atoms with van der Waals surface area (Å²) < 4.78 is 0. The summed E-state index contributed by atoms with van der Waals surface area (Å²) in [4.78, 5) is 27.6. The Bertz CT molecular complexity index is 1210. The van der Waals surface area contributed by atoms with Crippen LogP contribution in [0.15, 0.2) is 35.5 Å². The van der Waals surface area contributed by atoms with Gasteiger partial charge in [0, 0.05) is 43.4 Å². The Morgan fingerprint density at radius 1 is 1.24 bits per heavy atom. The third kappa shape index (κ3) is 4.62. The van der Waals surface area contributed by atoms with Crippen LogP contribution in [0.3, 0.4) is 0 Å². The number of piperidine rings is 1. The van der Waals surface area contributed by atoms with Gasteiger partial charge in [0.25, 0.3) is 5.91 Å². The molecule has 0 radical (unpaired) electrons. The molecule has 7 nitrogen and oxygen atoms in total. The molecule has 178 valence electrons. The molecular formula is C26H31ClN6O. The smallest absolute Gasteiger partial charge is 0.268 e. The molecule has 1 saturated heterocycles. The van der Waals surface area contributed by atoms with Crippen molar-refractivity contribution in [3.63, 3.8) is 0 Å². The van der Waals surface area contributed by atoms with Gasteiger partial charge in [-0.25, -0.2) is 4.98 Å². The number of benzene rings is 1. The van der Waals surface area contributed by atoms with Gasteiger partial charge in [-0.1, -0.05) is 24.6 Å². The van der Waals surface area contributed by atoms with Gasteiger partial charge in [-0.2, -0.15) is 0 Å². The summed E-state index contributed by atoms with van der Waals surface area (Å²) in [6.45, 7) is 5.63. The molecule has 2 aliphatic rings. The lowest BCUT2D eigenvalue weighted by atomic mass is 9.96. The number of carbonyl (C=O) groups is 1. The predicted octanol–water partition coefficient (Wildman–Crippen LogP) is 4.41. The number of pyridine rings is 1. The topological polar surface area (TPSA) is 85.4 Å². The molecule has 2 aromatic heterocycles. The molecule has 1 fully saturated rings. The SMILES string of the molecule is CCc1c(C(=O)NCCc2ccc(N3CCCCC3)cc2[C@H]2CNC=N2)[nH]c2ncc(Cl)cc12. The largest absolute Gasteiger partial charge is 0.374 e. The molecule has 3 N–H and O–H groups in total. The summed E-state index contributed by atoms with van der Waals surface area (Å²) in [5, 5.41) is 7.80. The van der Waals surface area contributed by atoms with Gasteiger partial charge in [-0.05, 0) is 67.0 Å². The number of aliphatic imine (C=N–C) groups is 1.